The lowest BCUT2D eigenvalue weighted by molar-refractivity contribution is 0.660. The molecular weight excluding hydrogens is 747 g/mol. The van der Waals surface area contributed by atoms with Gasteiger partial charge in [0.25, 0.3) is 0 Å². The molecule has 3 heterocycles. The number of fused-ring (bicyclic) bond motifs is 12. The van der Waals surface area contributed by atoms with E-state index in [4.69, 9.17) is 4.42 Å². The van der Waals surface area contributed by atoms with Gasteiger partial charge in [-0.1, -0.05) is 141 Å². The zero-order chi connectivity index (χ0) is 39.7. The predicted octanol–water partition coefficient (Wildman–Crippen LogP) is 16.4. The molecule has 60 heavy (non-hydrogen) atoms. The highest BCUT2D eigenvalue weighted by molar-refractivity contribution is 7.26. The fourth-order valence-corrected chi connectivity index (χ4v) is 11.5. The summed E-state index contributed by atoms with van der Waals surface area (Å²) in [5, 5.41) is 7.29. The molecule has 0 fully saturated rings. The van der Waals surface area contributed by atoms with Gasteiger partial charge < -0.3 is 8.98 Å². The number of rotatable bonds is 4. The molecule has 3 heteroatoms. The maximum atomic E-state index is 6.78. The topological polar surface area (TPSA) is 18.1 Å². The summed E-state index contributed by atoms with van der Waals surface area (Å²) in [5.74, 6) is 0. The third-order valence-electron chi connectivity index (χ3n) is 13.2. The molecule has 13 rings (SSSR count). The molecule has 0 bridgehead atoms. The normalized spacial score (nSPS) is 13.3. The molecule has 0 atom stereocenters. The van der Waals surface area contributed by atoms with Crippen molar-refractivity contribution < 1.29 is 4.42 Å². The van der Waals surface area contributed by atoms with E-state index in [-0.39, 0.29) is 5.41 Å². The van der Waals surface area contributed by atoms with Gasteiger partial charge in [0.1, 0.15) is 11.2 Å². The van der Waals surface area contributed by atoms with Gasteiger partial charge in [-0.05, 0) is 110 Å². The summed E-state index contributed by atoms with van der Waals surface area (Å²) < 4.78 is 11.8. The van der Waals surface area contributed by atoms with Crippen LogP contribution in [0.2, 0.25) is 0 Å². The summed E-state index contributed by atoms with van der Waals surface area (Å²) in [6.45, 7) is 4.69. The van der Waals surface area contributed by atoms with Crippen LogP contribution in [0.5, 0.6) is 0 Å². The van der Waals surface area contributed by atoms with Crippen molar-refractivity contribution in [2.45, 2.75) is 19.3 Å². The van der Waals surface area contributed by atoms with E-state index >= 15 is 0 Å². The lowest BCUT2D eigenvalue weighted by Gasteiger charge is -2.21. The molecule has 282 valence electrons. The monoisotopic (exact) mass is 783 g/mol. The largest absolute Gasteiger partial charge is 0.456 e. The lowest BCUT2D eigenvalue weighted by atomic mass is 9.82. The number of furan rings is 1. The Morgan fingerprint density at radius 1 is 0.400 bits per heavy atom. The summed E-state index contributed by atoms with van der Waals surface area (Å²) in [6, 6.07) is 69.3. The minimum atomic E-state index is -0.0191. The van der Waals surface area contributed by atoms with Crippen LogP contribution in [0.15, 0.2) is 192 Å². The number of hydrogen-bond acceptors (Lipinski definition) is 2. The zero-order valence-corrected chi connectivity index (χ0v) is 34.0. The summed E-state index contributed by atoms with van der Waals surface area (Å²) in [6.07, 6.45) is 0. The second-order valence-electron chi connectivity index (χ2n) is 16.8. The summed E-state index contributed by atoms with van der Waals surface area (Å²) in [5.41, 5.74) is 17.9. The van der Waals surface area contributed by atoms with E-state index in [9.17, 15) is 0 Å². The molecule has 0 unspecified atom stereocenters. The van der Waals surface area contributed by atoms with Crippen molar-refractivity contribution in [2.75, 3.05) is 0 Å². The van der Waals surface area contributed by atoms with E-state index in [1.807, 2.05) is 11.3 Å². The number of aromatic nitrogens is 1. The van der Waals surface area contributed by atoms with Crippen molar-refractivity contribution in [3.05, 3.63) is 199 Å². The predicted molar refractivity (Wildman–Crippen MR) is 255 cm³/mol. The van der Waals surface area contributed by atoms with E-state index in [0.717, 1.165) is 27.6 Å². The van der Waals surface area contributed by atoms with E-state index in [1.54, 1.807) is 0 Å². The summed E-state index contributed by atoms with van der Waals surface area (Å²) in [4.78, 5) is 0. The second kappa shape index (κ2) is 12.4. The molecule has 0 saturated carbocycles. The number of benzene rings is 9. The van der Waals surface area contributed by atoms with Gasteiger partial charge in [0, 0.05) is 53.2 Å². The van der Waals surface area contributed by atoms with Crippen molar-refractivity contribution in [1.82, 2.24) is 4.57 Å². The van der Waals surface area contributed by atoms with Crippen LogP contribution in [0, 0.1) is 0 Å². The SMILES string of the molecule is CC1(C)c2ccccc2-c2cc(-c3ccc4c(c3)c3ccccc3n4-c3cc(-c4cccc5sc6ccc(-c7ccccc7)cc6c45)c4c(c3)oc3ccccc34)ccc21. The van der Waals surface area contributed by atoms with Crippen molar-refractivity contribution in [3.63, 3.8) is 0 Å². The Kier molecular flexibility index (Phi) is 6.98. The van der Waals surface area contributed by atoms with Crippen LogP contribution in [0.3, 0.4) is 0 Å². The van der Waals surface area contributed by atoms with Crippen molar-refractivity contribution in [2.24, 2.45) is 0 Å². The Bertz CT molecular complexity index is 3750. The van der Waals surface area contributed by atoms with Gasteiger partial charge in [0.2, 0.25) is 0 Å². The minimum absolute atomic E-state index is 0.0191. The highest BCUT2D eigenvalue weighted by atomic mass is 32.1. The van der Waals surface area contributed by atoms with Gasteiger partial charge in [-0.15, -0.1) is 11.3 Å². The molecule has 0 amide bonds. The van der Waals surface area contributed by atoms with Gasteiger partial charge in [-0.3, -0.25) is 0 Å². The molecule has 0 spiro atoms. The maximum Gasteiger partial charge on any atom is 0.138 e. The first kappa shape index (κ1) is 33.7. The smallest absolute Gasteiger partial charge is 0.138 e. The average Bonchev–Trinajstić information content (AvgIpc) is 4.02. The molecule has 0 saturated heterocycles. The van der Waals surface area contributed by atoms with Crippen molar-refractivity contribution >= 4 is 75.3 Å². The van der Waals surface area contributed by atoms with Crippen molar-refractivity contribution in [1.29, 1.82) is 0 Å². The molecule has 9 aromatic carbocycles. The first-order chi connectivity index (χ1) is 29.5. The first-order valence-corrected chi connectivity index (χ1v) is 21.6. The number of thiophene rings is 1. The highest BCUT2D eigenvalue weighted by Crippen LogP contribution is 2.50. The average molecular weight is 784 g/mol. The van der Waals surface area contributed by atoms with Crippen LogP contribution in [0.4, 0.5) is 0 Å². The number of para-hydroxylation sites is 2. The quantitative estimate of drug-likeness (QED) is 0.174. The van der Waals surface area contributed by atoms with Crippen LogP contribution in [0.25, 0.3) is 114 Å². The van der Waals surface area contributed by atoms with E-state index in [1.165, 1.54) is 97.6 Å². The van der Waals surface area contributed by atoms with E-state index < -0.39 is 0 Å². The Labute approximate surface area is 351 Å². The third-order valence-corrected chi connectivity index (χ3v) is 14.3. The molecule has 0 N–H and O–H groups in total. The molecule has 0 aliphatic heterocycles. The van der Waals surface area contributed by atoms with E-state index in [0.29, 0.717) is 0 Å². The molecule has 2 nitrogen and oxygen atoms in total. The van der Waals surface area contributed by atoms with Gasteiger partial charge in [-0.25, -0.2) is 0 Å². The highest BCUT2D eigenvalue weighted by Gasteiger charge is 2.35. The van der Waals surface area contributed by atoms with Crippen LogP contribution in [0.1, 0.15) is 25.0 Å². The van der Waals surface area contributed by atoms with Crippen molar-refractivity contribution in [3.8, 4) is 50.2 Å². The van der Waals surface area contributed by atoms with Gasteiger partial charge in [0.05, 0.1) is 16.7 Å². The second-order valence-corrected chi connectivity index (χ2v) is 17.9. The number of nitrogens with zero attached hydrogens (tertiary/aromatic N) is 1. The molecule has 1 aliphatic rings. The third kappa shape index (κ3) is 4.75. The number of hydrogen-bond donors (Lipinski definition) is 0. The molecule has 12 aromatic rings. The standard InChI is InChI=1S/C57H37NOS/c1-57(2)47-19-9-6-15-39(47)43-29-36(23-26-48(43)57)37-24-27-50-44(30-37)40-16-7-10-20-49(40)58(50)38-32-45(55-42-17-8-11-21-51(42)59-52(55)33-38)41-18-12-22-54-56(41)46-31-35(25-28-53(46)60-54)34-13-4-3-5-14-34/h3-33H,1-2H3. The zero-order valence-electron chi connectivity index (χ0n) is 33.2. The van der Waals surface area contributed by atoms with Gasteiger partial charge in [0.15, 0.2) is 0 Å². The van der Waals surface area contributed by atoms with E-state index in [2.05, 4.69) is 206 Å². The Hall–Kier alpha value is -7.20. The summed E-state index contributed by atoms with van der Waals surface area (Å²) in [7, 11) is 0. The molecule has 0 radical (unpaired) electrons. The van der Waals surface area contributed by atoms with Crippen LogP contribution >= 0.6 is 11.3 Å². The van der Waals surface area contributed by atoms with Crippen LogP contribution < -0.4 is 0 Å². The summed E-state index contributed by atoms with van der Waals surface area (Å²) >= 11 is 1.86. The Morgan fingerprint density at radius 3 is 2.00 bits per heavy atom. The fraction of sp³-hybridized carbons (Fsp3) is 0.0526. The maximum absolute atomic E-state index is 6.78. The van der Waals surface area contributed by atoms with Crippen LogP contribution in [-0.2, 0) is 5.41 Å². The van der Waals surface area contributed by atoms with Crippen LogP contribution in [-0.4, -0.2) is 4.57 Å². The first-order valence-electron chi connectivity index (χ1n) is 20.7. The molecule has 1 aliphatic carbocycles. The molecular formula is C57H37NOS. The lowest BCUT2D eigenvalue weighted by Crippen LogP contribution is -2.14. The van der Waals surface area contributed by atoms with Gasteiger partial charge >= 0.3 is 0 Å². The van der Waals surface area contributed by atoms with Gasteiger partial charge in [-0.2, -0.15) is 0 Å². The Morgan fingerprint density at radius 2 is 1.08 bits per heavy atom. The molecule has 3 aromatic heterocycles. The Balaban J connectivity index is 1.04. The minimum Gasteiger partial charge on any atom is -0.456 e. The fourth-order valence-electron chi connectivity index (χ4n) is 10.4.